The summed E-state index contributed by atoms with van der Waals surface area (Å²) < 4.78 is -1.77. The zero-order chi connectivity index (χ0) is 21.2. The first-order valence-electron chi connectivity index (χ1n) is 9.40. The third kappa shape index (κ3) is 6.22. The highest BCUT2D eigenvalue weighted by Gasteiger charge is 2.29. The van der Waals surface area contributed by atoms with E-state index in [2.05, 4.69) is 39.0 Å². The molecule has 0 atom stereocenters. The zero-order valence-corrected chi connectivity index (χ0v) is 19.9. The summed E-state index contributed by atoms with van der Waals surface area (Å²) in [6.45, 7) is 7.39. The number of likely N-dealkylation sites (tertiary alicyclic amines) is 1. The minimum Gasteiger partial charge on any atom is -0.354 e. The molecule has 1 aromatic heterocycles. The van der Waals surface area contributed by atoms with E-state index >= 15 is 0 Å². The highest BCUT2D eigenvalue weighted by atomic mass is 35.6. The Bertz CT molecular complexity index is 847. The Labute approximate surface area is 196 Å². The number of nitrogens with one attached hydrogen (secondary N) is 1. The fraction of sp³-hybridized carbons (Fsp3) is 0.526. The summed E-state index contributed by atoms with van der Waals surface area (Å²) in [5.74, 6) is 1.31. The smallest absolute Gasteiger partial charge is 0.250 e. The molecule has 0 radical (unpaired) electrons. The van der Waals surface area contributed by atoms with Crippen LogP contribution in [0.25, 0.3) is 11.4 Å². The summed E-state index contributed by atoms with van der Waals surface area (Å²) in [5.41, 5.74) is 0.658. The van der Waals surface area contributed by atoms with E-state index in [4.69, 9.17) is 58.0 Å². The Kier molecular flexibility index (Phi) is 7.74. The van der Waals surface area contributed by atoms with Crippen LogP contribution < -0.4 is 5.32 Å². The number of piperidine rings is 1. The maximum atomic E-state index is 6.13. The number of hydrogen-bond donors (Lipinski definition) is 1. The molecule has 0 spiro atoms. The largest absolute Gasteiger partial charge is 0.354 e. The number of alkyl halides is 3. The maximum Gasteiger partial charge on any atom is 0.250 e. The number of benzene rings is 1. The van der Waals surface area contributed by atoms with Crippen molar-refractivity contribution < 1.29 is 0 Å². The van der Waals surface area contributed by atoms with Crippen molar-refractivity contribution in [1.82, 2.24) is 19.9 Å². The molecule has 1 aliphatic rings. The van der Waals surface area contributed by atoms with Crippen molar-refractivity contribution in [3.8, 4) is 11.4 Å². The molecular weight excluding hydrogens is 476 g/mol. The first kappa shape index (κ1) is 23.1. The van der Waals surface area contributed by atoms with Gasteiger partial charge in [0.1, 0.15) is 0 Å². The highest BCUT2D eigenvalue weighted by molar-refractivity contribution is 6.66. The topological polar surface area (TPSA) is 53.9 Å². The summed E-state index contributed by atoms with van der Waals surface area (Å²) >= 11 is 30.2. The van der Waals surface area contributed by atoms with Crippen molar-refractivity contribution in [3.05, 3.63) is 34.1 Å². The van der Waals surface area contributed by atoms with Crippen molar-refractivity contribution in [2.24, 2.45) is 5.92 Å². The van der Waals surface area contributed by atoms with Crippen LogP contribution in [0.3, 0.4) is 0 Å². The van der Waals surface area contributed by atoms with Gasteiger partial charge in [0.05, 0.1) is 10.0 Å². The van der Waals surface area contributed by atoms with Gasteiger partial charge >= 0.3 is 0 Å². The van der Waals surface area contributed by atoms with Gasteiger partial charge in [-0.25, -0.2) is 4.98 Å². The molecular formula is C19H22Cl5N5. The molecule has 0 aliphatic carbocycles. The van der Waals surface area contributed by atoms with E-state index in [1.807, 2.05) is 0 Å². The minimum absolute atomic E-state index is 0.0516. The van der Waals surface area contributed by atoms with Crippen LogP contribution in [0.2, 0.25) is 10.0 Å². The van der Waals surface area contributed by atoms with Gasteiger partial charge in [-0.15, -0.1) is 0 Å². The van der Waals surface area contributed by atoms with Crippen LogP contribution in [0, 0.1) is 5.92 Å². The van der Waals surface area contributed by atoms with Gasteiger partial charge in [-0.05, 0) is 63.9 Å². The lowest BCUT2D eigenvalue weighted by Gasteiger charge is -2.34. The second-order valence-electron chi connectivity index (χ2n) is 7.39. The summed E-state index contributed by atoms with van der Waals surface area (Å²) in [5, 5.41) is 4.13. The maximum absolute atomic E-state index is 6.13. The molecule has 1 saturated heterocycles. The predicted molar refractivity (Wildman–Crippen MR) is 122 cm³/mol. The van der Waals surface area contributed by atoms with Gasteiger partial charge in [0, 0.05) is 18.2 Å². The molecule has 158 valence electrons. The molecule has 2 heterocycles. The summed E-state index contributed by atoms with van der Waals surface area (Å²) in [6.07, 6.45) is 2.24. The zero-order valence-electron chi connectivity index (χ0n) is 16.1. The lowest BCUT2D eigenvalue weighted by molar-refractivity contribution is 0.153. The first-order chi connectivity index (χ1) is 13.6. The molecule has 1 N–H and O–H groups in total. The second-order valence-corrected chi connectivity index (χ2v) is 10.5. The fourth-order valence-electron chi connectivity index (χ4n) is 3.26. The molecule has 1 fully saturated rings. The highest BCUT2D eigenvalue weighted by Crippen LogP contribution is 2.37. The number of halogens is 5. The van der Waals surface area contributed by atoms with Crippen LogP contribution in [-0.2, 0) is 3.79 Å². The number of aromatic nitrogens is 3. The Balaban J connectivity index is 1.78. The number of anilines is 1. The van der Waals surface area contributed by atoms with Gasteiger partial charge < -0.3 is 10.2 Å². The quantitative estimate of drug-likeness (QED) is 0.498. The van der Waals surface area contributed by atoms with Crippen molar-refractivity contribution in [2.45, 2.75) is 36.5 Å². The summed E-state index contributed by atoms with van der Waals surface area (Å²) in [7, 11) is 0. The van der Waals surface area contributed by atoms with Crippen LogP contribution in [0.4, 0.5) is 5.95 Å². The molecule has 10 heteroatoms. The molecule has 0 saturated carbocycles. The van der Waals surface area contributed by atoms with Crippen LogP contribution in [-0.4, -0.2) is 45.5 Å². The SMILES string of the molecule is CC(C)N1CCC(CNc2nc(-c3ccc(Cl)c(Cl)c3)nc(C(Cl)(Cl)Cl)n2)CC1. The van der Waals surface area contributed by atoms with Crippen LogP contribution in [0.5, 0.6) is 0 Å². The average molecular weight is 498 g/mol. The van der Waals surface area contributed by atoms with Crippen LogP contribution in [0.1, 0.15) is 32.5 Å². The van der Waals surface area contributed by atoms with Crippen LogP contribution in [0.15, 0.2) is 18.2 Å². The second kappa shape index (κ2) is 9.71. The first-order valence-corrected chi connectivity index (χ1v) is 11.3. The molecule has 5 nitrogen and oxygen atoms in total. The van der Waals surface area contributed by atoms with E-state index in [0.717, 1.165) is 32.5 Å². The van der Waals surface area contributed by atoms with Gasteiger partial charge in [0.15, 0.2) is 11.6 Å². The van der Waals surface area contributed by atoms with Crippen molar-refractivity contribution in [2.75, 3.05) is 25.0 Å². The number of nitrogens with zero attached hydrogens (tertiary/aromatic N) is 4. The van der Waals surface area contributed by atoms with Crippen molar-refractivity contribution in [1.29, 1.82) is 0 Å². The Hall–Kier alpha value is -0.560. The molecule has 0 unspecified atom stereocenters. The molecule has 0 amide bonds. The lowest BCUT2D eigenvalue weighted by atomic mass is 9.96. The van der Waals surface area contributed by atoms with Crippen molar-refractivity contribution >= 4 is 64.0 Å². The Morgan fingerprint density at radius 3 is 2.34 bits per heavy atom. The van der Waals surface area contributed by atoms with E-state index < -0.39 is 3.79 Å². The standard InChI is InChI=1S/C19H22Cl5N5/c1-11(2)29-7-5-12(6-8-29)10-25-18-27-16(26-17(28-18)19(22,23)24)13-3-4-14(20)15(21)9-13/h3-4,9,11-12H,5-8,10H2,1-2H3,(H,25,26,27,28). The van der Waals surface area contributed by atoms with Gasteiger partial charge in [-0.3, -0.25) is 0 Å². The van der Waals surface area contributed by atoms with Gasteiger partial charge in [-0.1, -0.05) is 58.0 Å². The van der Waals surface area contributed by atoms with Crippen molar-refractivity contribution in [3.63, 3.8) is 0 Å². The Morgan fingerprint density at radius 1 is 1.07 bits per heavy atom. The molecule has 1 aliphatic heterocycles. The van der Waals surface area contributed by atoms with Crippen LogP contribution >= 0.6 is 58.0 Å². The van der Waals surface area contributed by atoms with E-state index in [1.165, 1.54) is 0 Å². The monoisotopic (exact) mass is 495 g/mol. The molecule has 29 heavy (non-hydrogen) atoms. The summed E-state index contributed by atoms with van der Waals surface area (Å²) in [4.78, 5) is 15.6. The predicted octanol–water partition coefficient (Wildman–Crippen LogP) is 6.20. The summed E-state index contributed by atoms with van der Waals surface area (Å²) in [6, 6.07) is 5.69. The average Bonchev–Trinajstić information content (AvgIpc) is 2.68. The minimum atomic E-state index is -1.77. The molecule has 3 rings (SSSR count). The van der Waals surface area contributed by atoms with Gasteiger partial charge in [0.25, 0.3) is 0 Å². The van der Waals surface area contributed by atoms with E-state index in [1.54, 1.807) is 18.2 Å². The lowest BCUT2D eigenvalue weighted by Crippen LogP contribution is -2.40. The number of rotatable bonds is 5. The fourth-order valence-corrected chi connectivity index (χ4v) is 3.81. The van der Waals surface area contributed by atoms with Gasteiger partial charge in [-0.2, -0.15) is 9.97 Å². The van der Waals surface area contributed by atoms with Gasteiger partial charge in [0.2, 0.25) is 9.74 Å². The number of hydrogen-bond acceptors (Lipinski definition) is 5. The normalized spacial score (nSPS) is 16.4. The molecule has 2 aromatic rings. The molecule has 1 aromatic carbocycles. The third-order valence-electron chi connectivity index (χ3n) is 5.00. The van der Waals surface area contributed by atoms with E-state index in [9.17, 15) is 0 Å². The van der Waals surface area contributed by atoms with E-state index in [0.29, 0.717) is 39.3 Å². The molecule has 0 bridgehead atoms. The Morgan fingerprint density at radius 2 is 1.76 bits per heavy atom. The third-order valence-corrected chi connectivity index (χ3v) is 6.24. The van der Waals surface area contributed by atoms with E-state index in [-0.39, 0.29) is 5.82 Å².